The molecule has 3 rings (SSSR count). The summed E-state index contributed by atoms with van der Waals surface area (Å²) in [5.41, 5.74) is 0.891. The molecule has 6 nitrogen and oxygen atoms in total. The molecule has 0 radical (unpaired) electrons. The van der Waals surface area contributed by atoms with Crippen molar-refractivity contribution in [3.63, 3.8) is 0 Å². The maximum absolute atomic E-state index is 11.8. The third kappa shape index (κ3) is 2.48. The number of esters is 1. The predicted molar refractivity (Wildman–Crippen MR) is 70.2 cm³/mol. The van der Waals surface area contributed by atoms with E-state index in [1.807, 2.05) is 18.4 Å². The zero-order valence-corrected chi connectivity index (χ0v) is 11.3. The third-order valence-corrected chi connectivity index (χ3v) is 3.57. The van der Waals surface area contributed by atoms with E-state index in [0.29, 0.717) is 10.6 Å². The second-order valence-electron chi connectivity index (χ2n) is 3.99. The van der Waals surface area contributed by atoms with Crippen LogP contribution in [0.4, 0.5) is 0 Å². The van der Waals surface area contributed by atoms with Gasteiger partial charge < -0.3 is 13.6 Å². The molecule has 0 fully saturated rings. The Labute approximate surface area is 118 Å². The van der Waals surface area contributed by atoms with E-state index in [1.165, 1.54) is 17.6 Å². The molecule has 3 aromatic heterocycles. The van der Waals surface area contributed by atoms with Crippen LogP contribution in [-0.4, -0.2) is 16.2 Å². The van der Waals surface area contributed by atoms with E-state index in [-0.39, 0.29) is 18.4 Å². The number of aryl methyl sites for hydroxylation is 1. The second kappa shape index (κ2) is 5.30. The summed E-state index contributed by atoms with van der Waals surface area (Å²) in [6.45, 7) is 1.79. The standard InChI is InChI=1S/C13H10N2O4S/c1-8-4-6-20-11(8)13(16)18-7-10-14-15-12(19-10)9-3-2-5-17-9/h2-6H,7H2,1H3. The molecule has 0 saturated carbocycles. The van der Waals surface area contributed by atoms with Crippen molar-refractivity contribution in [3.8, 4) is 11.7 Å². The molecule has 0 amide bonds. The van der Waals surface area contributed by atoms with Gasteiger partial charge in [-0.15, -0.1) is 21.5 Å². The molecular weight excluding hydrogens is 280 g/mol. The molecule has 3 aromatic rings. The smallest absolute Gasteiger partial charge is 0.349 e. The van der Waals surface area contributed by atoms with Gasteiger partial charge in [0.15, 0.2) is 12.4 Å². The first-order chi connectivity index (χ1) is 9.74. The number of carbonyl (C=O) groups excluding carboxylic acids is 1. The summed E-state index contributed by atoms with van der Waals surface area (Å²) in [6, 6.07) is 5.29. The minimum Gasteiger partial charge on any atom is -0.459 e. The highest BCUT2D eigenvalue weighted by molar-refractivity contribution is 7.12. The lowest BCUT2D eigenvalue weighted by Crippen LogP contribution is -2.04. The number of hydrogen-bond acceptors (Lipinski definition) is 7. The fourth-order valence-electron chi connectivity index (χ4n) is 1.59. The zero-order chi connectivity index (χ0) is 13.9. The maximum Gasteiger partial charge on any atom is 0.349 e. The molecule has 0 aliphatic heterocycles. The molecule has 0 N–H and O–H groups in total. The Hall–Kier alpha value is -2.41. The van der Waals surface area contributed by atoms with E-state index >= 15 is 0 Å². The monoisotopic (exact) mass is 290 g/mol. The average Bonchev–Trinajstić information content (AvgIpc) is 3.16. The Morgan fingerprint density at radius 2 is 2.30 bits per heavy atom. The predicted octanol–water partition coefficient (Wildman–Crippen LogP) is 3.06. The van der Waals surface area contributed by atoms with Gasteiger partial charge in [-0.3, -0.25) is 0 Å². The van der Waals surface area contributed by atoms with Crippen LogP contribution in [0.25, 0.3) is 11.7 Å². The van der Waals surface area contributed by atoms with Crippen LogP contribution in [-0.2, 0) is 11.3 Å². The molecule has 0 spiro atoms. The van der Waals surface area contributed by atoms with Crippen LogP contribution in [0.3, 0.4) is 0 Å². The lowest BCUT2D eigenvalue weighted by molar-refractivity contribution is 0.0443. The minimum absolute atomic E-state index is 0.0656. The van der Waals surface area contributed by atoms with Gasteiger partial charge in [-0.05, 0) is 36.1 Å². The number of carbonyl (C=O) groups is 1. The summed E-state index contributed by atoms with van der Waals surface area (Å²) >= 11 is 1.34. The molecule has 0 aromatic carbocycles. The fraction of sp³-hybridized carbons (Fsp3) is 0.154. The molecule has 3 heterocycles. The summed E-state index contributed by atoms with van der Waals surface area (Å²) in [4.78, 5) is 12.4. The highest BCUT2D eigenvalue weighted by atomic mass is 32.1. The van der Waals surface area contributed by atoms with Gasteiger partial charge >= 0.3 is 5.97 Å². The van der Waals surface area contributed by atoms with Crippen molar-refractivity contribution in [2.75, 3.05) is 0 Å². The molecule has 0 saturated heterocycles. The SMILES string of the molecule is Cc1ccsc1C(=O)OCc1nnc(-c2ccco2)o1. The summed E-state index contributed by atoms with van der Waals surface area (Å²) in [5.74, 6) is 0.562. The molecule has 0 aliphatic carbocycles. The van der Waals surface area contributed by atoms with E-state index < -0.39 is 5.97 Å². The Morgan fingerprint density at radius 1 is 1.40 bits per heavy atom. The van der Waals surface area contributed by atoms with E-state index in [4.69, 9.17) is 13.6 Å². The Kier molecular flexibility index (Phi) is 3.34. The van der Waals surface area contributed by atoms with Crippen LogP contribution in [0.2, 0.25) is 0 Å². The van der Waals surface area contributed by atoms with Crippen molar-refractivity contribution in [2.24, 2.45) is 0 Å². The molecule has 0 unspecified atom stereocenters. The number of furan rings is 1. The minimum atomic E-state index is -0.393. The lowest BCUT2D eigenvalue weighted by Gasteiger charge is -2.00. The van der Waals surface area contributed by atoms with Crippen molar-refractivity contribution in [1.29, 1.82) is 0 Å². The van der Waals surface area contributed by atoms with Gasteiger partial charge in [0, 0.05) is 0 Å². The first kappa shape index (κ1) is 12.6. The first-order valence-electron chi connectivity index (χ1n) is 5.81. The van der Waals surface area contributed by atoms with Crippen LogP contribution in [0, 0.1) is 6.92 Å². The summed E-state index contributed by atoms with van der Waals surface area (Å²) in [7, 11) is 0. The van der Waals surface area contributed by atoms with E-state index in [9.17, 15) is 4.79 Å². The normalized spacial score (nSPS) is 10.7. The molecule has 0 aliphatic rings. The van der Waals surface area contributed by atoms with Crippen LogP contribution in [0.5, 0.6) is 0 Å². The number of thiophene rings is 1. The van der Waals surface area contributed by atoms with Crippen molar-refractivity contribution in [2.45, 2.75) is 13.5 Å². The number of ether oxygens (including phenoxy) is 1. The lowest BCUT2D eigenvalue weighted by atomic mass is 10.3. The van der Waals surface area contributed by atoms with Crippen molar-refractivity contribution in [1.82, 2.24) is 10.2 Å². The van der Waals surface area contributed by atoms with Gasteiger partial charge in [-0.2, -0.15) is 0 Å². The maximum atomic E-state index is 11.8. The largest absolute Gasteiger partial charge is 0.459 e. The van der Waals surface area contributed by atoms with E-state index in [0.717, 1.165) is 5.56 Å². The molecule has 102 valence electrons. The highest BCUT2D eigenvalue weighted by Crippen LogP contribution is 2.19. The van der Waals surface area contributed by atoms with Crippen LogP contribution >= 0.6 is 11.3 Å². The zero-order valence-electron chi connectivity index (χ0n) is 10.5. The van der Waals surface area contributed by atoms with Gasteiger partial charge in [0.1, 0.15) is 4.88 Å². The topological polar surface area (TPSA) is 78.4 Å². The third-order valence-electron chi connectivity index (χ3n) is 2.57. The highest BCUT2D eigenvalue weighted by Gasteiger charge is 2.15. The second-order valence-corrected chi connectivity index (χ2v) is 4.90. The van der Waals surface area contributed by atoms with Gasteiger partial charge in [-0.1, -0.05) is 0 Å². The van der Waals surface area contributed by atoms with Crippen LogP contribution in [0.1, 0.15) is 21.1 Å². The van der Waals surface area contributed by atoms with Gasteiger partial charge in [0.2, 0.25) is 0 Å². The van der Waals surface area contributed by atoms with Crippen molar-refractivity contribution >= 4 is 17.3 Å². The van der Waals surface area contributed by atoms with Crippen molar-refractivity contribution < 1.29 is 18.4 Å². The first-order valence-corrected chi connectivity index (χ1v) is 6.69. The van der Waals surface area contributed by atoms with Gasteiger partial charge in [0.25, 0.3) is 11.8 Å². The van der Waals surface area contributed by atoms with Gasteiger partial charge in [0.05, 0.1) is 6.26 Å². The molecular formula is C13H10N2O4S. The molecule has 0 bridgehead atoms. The van der Waals surface area contributed by atoms with E-state index in [2.05, 4.69) is 10.2 Å². The molecule has 0 atom stereocenters. The molecule has 20 heavy (non-hydrogen) atoms. The number of hydrogen-bond donors (Lipinski definition) is 0. The van der Waals surface area contributed by atoms with E-state index in [1.54, 1.807) is 12.1 Å². The van der Waals surface area contributed by atoms with Crippen LogP contribution < -0.4 is 0 Å². The Balaban J connectivity index is 1.65. The van der Waals surface area contributed by atoms with Crippen LogP contribution in [0.15, 0.2) is 38.7 Å². The number of aromatic nitrogens is 2. The fourth-order valence-corrected chi connectivity index (χ4v) is 2.40. The Morgan fingerprint density at radius 3 is 3.00 bits per heavy atom. The number of rotatable bonds is 4. The Bertz CT molecular complexity index is 714. The summed E-state index contributed by atoms with van der Waals surface area (Å²) < 4.78 is 15.6. The number of nitrogens with zero attached hydrogens (tertiary/aromatic N) is 2. The average molecular weight is 290 g/mol. The molecule has 7 heteroatoms. The van der Waals surface area contributed by atoms with Crippen molar-refractivity contribution in [3.05, 3.63) is 46.2 Å². The quantitative estimate of drug-likeness (QED) is 0.687. The summed E-state index contributed by atoms with van der Waals surface area (Å²) in [6.07, 6.45) is 1.51. The van der Waals surface area contributed by atoms with Gasteiger partial charge in [-0.25, -0.2) is 4.79 Å². The summed E-state index contributed by atoms with van der Waals surface area (Å²) in [5, 5.41) is 9.46.